The number of hydrogen-bond acceptors (Lipinski definition) is 4. The molecule has 2 N–H and O–H groups in total. The Balaban J connectivity index is 2.50. The maximum atomic E-state index is 12.2. The van der Waals surface area contributed by atoms with Gasteiger partial charge < -0.3 is 20.3 Å². The zero-order valence-electron chi connectivity index (χ0n) is 12.1. The number of rotatable bonds is 8. The number of carbonyl (C=O) groups is 2. The molecule has 110 valence electrons. The fourth-order valence-corrected chi connectivity index (χ4v) is 1.82. The highest BCUT2D eigenvalue weighted by Crippen LogP contribution is 2.32. The number of carbonyl (C=O) groups excluding carboxylic acids is 2. The van der Waals surface area contributed by atoms with Gasteiger partial charge in [-0.05, 0) is 18.8 Å². The summed E-state index contributed by atoms with van der Waals surface area (Å²) in [4.78, 5) is 26.9. The van der Waals surface area contributed by atoms with Crippen LogP contribution in [0.3, 0.4) is 0 Å². The maximum absolute atomic E-state index is 12.2. The summed E-state index contributed by atoms with van der Waals surface area (Å²) in [6.45, 7) is 0.935. The Hall–Kier alpha value is -1.14. The summed E-state index contributed by atoms with van der Waals surface area (Å²) in [7, 11) is 4.93. The van der Waals surface area contributed by atoms with Crippen LogP contribution in [0.2, 0.25) is 0 Å². The van der Waals surface area contributed by atoms with Crippen LogP contribution in [0.15, 0.2) is 0 Å². The zero-order valence-corrected chi connectivity index (χ0v) is 12.1. The second-order valence-corrected chi connectivity index (χ2v) is 5.30. The van der Waals surface area contributed by atoms with Gasteiger partial charge in [0.05, 0.1) is 13.2 Å². The van der Waals surface area contributed by atoms with E-state index in [1.807, 2.05) is 0 Å². The van der Waals surface area contributed by atoms with Crippen molar-refractivity contribution in [3.8, 4) is 0 Å². The van der Waals surface area contributed by atoms with Crippen LogP contribution in [0, 0.1) is 5.92 Å². The van der Waals surface area contributed by atoms with Crippen molar-refractivity contribution < 1.29 is 14.3 Å². The lowest BCUT2D eigenvalue weighted by Crippen LogP contribution is -2.44. The average molecular weight is 271 g/mol. The van der Waals surface area contributed by atoms with Crippen LogP contribution in [0.5, 0.6) is 0 Å². The summed E-state index contributed by atoms with van der Waals surface area (Å²) in [6, 6.07) is -0.0768. The number of nitrogens with two attached hydrogens (primary N) is 1. The number of nitrogens with zero attached hydrogens (tertiary/aromatic N) is 2. The Morgan fingerprint density at radius 3 is 2.42 bits per heavy atom. The largest absolute Gasteiger partial charge is 0.383 e. The molecule has 0 saturated heterocycles. The molecule has 1 fully saturated rings. The van der Waals surface area contributed by atoms with E-state index in [-0.39, 0.29) is 24.4 Å². The van der Waals surface area contributed by atoms with Gasteiger partial charge in [-0.25, -0.2) is 0 Å². The Bertz CT molecular complexity index is 316. The van der Waals surface area contributed by atoms with Gasteiger partial charge in [-0.2, -0.15) is 0 Å². The van der Waals surface area contributed by atoms with Crippen molar-refractivity contribution in [3.05, 3.63) is 0 Å². The molecule has 2 amide bonds. The van der Waals surface area contributed by atoms with E-state index in [1.165, 1.54) is 9.80 Å². The third-order valence-corrected chi connectivity index (χ3v) is 3.38. The van der Waals surface area contributed by atoms with Crippen LogP contribution >= 0.6 is 0 Å². The number of amides is 2. The topological polar surface area (TPSA) is 75.9 Å². The van der Waals surface area contributed by atoms with Crippen molar-refractivity contribution >= 4 is 11.8 Å². The molecule has 0 aliphatic heterocycles. The Morgan fingerprint density at radius 2 is 1.95 bits per heavy atom. The van der Waals surface area contributed by atoms with E-state index in [9.17, 15) is 9.59 Å². The van der Waals surface area contributed by atoms with E-state index in [0.29, 0.717) is 25.5 Å². The van der Waals surface area contributed by atoms with Crippen molar-refractivity contribution in [2.24, 2.45) is 11.7 Å². The van der Waals surface area contributed by atoms with E-state index in [2.05, 4.69) is 0 Å². The Kier molecular flexibility index (Phi) is 6.24. The molecule has 0 aromatic rings. The number of likely N-dealkylation sites (N-methyl/N-ethyl adjacent to an activating group) is 1. The molecule has 0 heterocycles. The first-order valence-electron chi connectivity index (χ1n) is 6.68. The van der Waals surface area contributed by atoms with Crippen molar-refractivity contribution in [3.63, 3.8) is 0 Å². The molecule has 6 nitrogen and oxygen atoms in total. The minimum Gasteiger partial charge on any atom is -0.383 e. The van der Waals surface area contributed by atoms with Crippen molar-refractivity contribution in [1.29, 1.82) is 0 Å². The standard InChI is InChI=1S/C13H25N3O3/c1-15(2)13(18)9-16(6-7-19-3)12(17)8-11(14)10-4-5-10/h10-11H,4-9,14H2,1-3H3. The highest BCUT2D eigenvalue weighted by molar-refractivity contribution is 5.84. The van der Waals surface area contributed by atoms with E-state index in [4.69, 9.17) is 10.5 Å². The van der Waals surface area contributed by atoms with Gasteiger partial charge in [0.1, 0.15) is 0 Å². The van der Waals surface area contributed by atoms with Gasteiger partial charge in [0.2, 0.25) is 11.8 Å². The molecule has 0 spiro atoms. The predicted octanol–water partition coefficient (Wildman–Crippen LogP) is -0.323. The first-order valence-corrected chi connectivity index (χ1v) is 6.68. The number of ether oxygens (including phenoxy) is 1. The first kappa shape index (κ1) is 15.9. The third kappa shape index (κ3) is 5.57. The van der Waals surface area contributed by atoms with E-state index >= 15 is 0 Å². The molecule has 1 rings (SSSR count). The Morgan fingerprint density at radius 1 is 1.32 bits per heavy atom. The molecule has 1 saturated carbocycles. The number of methoxy groups -OCH3 is 1. The summed E-state index contributed by atoms with van der Waals surface area (Å²) in [5, 5.41) is 0. The minimum atomic E-state index is -0.0931. The van der Waals surface area contributed by atoms with Crippen LogP contribution in [-0.2, 0) is 14.3 Å². The molecule has 6 heteroatoms. The summed E-state index contributed by atoms with van der Waals surface area (Å²) in [5.41, 5.74) is 5.96. The lowest BCUT2D eigenvalue weighted by molar-refractivity contribution is -0.140. The first-order chi connectivity index (χ1) is 8.95. The molecular weight excluding hydrogens is 246 g/mol. The average Bonchev–Trinajstić information content (AvgIpc) is 3.17. The molecule has 0 bridgehead atoms. The molecule has 1 unspecified atom stereocenters. The van der Waals surface area contributed by atoms with Crippen LogP contribution in [-0.4, -0.2) is 68.6 Å². The van der Waals surface area contributed by atoms with Crippen LogP contribution in [0.4, 0.5) is 0 Å². The lowest BCUT2D eigenvalue weighted by atomic mass is 10.1. The molecule has 1 atom stereocenters. The summed E-state index contributed by atoms with van der Waals surface area (Å²) in [6.07, 6.45) is 2.54. The van der Waals surface area contributed by atoms with Gasteiger partial charge in [-0.3, -0.25) is 9.59 Å². The quantitative estimate of drug-likeness (QED) is 0.656. The second kappa shape index (κ2) is 7.45. The molecule has 19 heavy (non-hydrogen) atoms. The minimum absolute atomic E-state index is 0.0633. The van der Waals surface area contributed by atoms with Gasteiger partial charge in [-0.1, -0.05) is 0 Å². The maximum Gasteiger partial charge on any atom is 0.241 e. The highest BCUT2D eigenvalue weighted by atomic mass is 16.5. The van der Waals surface area contributed by atoms with Crippen molar-refractivity contribution in [2.75, 3.05) is 40.9 Å². The fourth-order valence-electron chi connectivity index (χ4n) is 1.82. The fraction of sp³-hybridized carbons (Fsp3) is 0.846. The van der Waals surface area contributed by atoms with Crippen LogP contribution in [0.1, 0.15) is 19.3 Å². The molecule has 0 radical (unpaired) electrons. The van der Waals surface area contributed by atoms with Crippen LogP contribution in [0.25, 0.3) is 0 Å². The van der Waals surface area contributed by atoms with E-state index in [0.717, 1.165) is 12.8 Å². The normalized spacial score (nSPS) is 16.0. The van der Waals surface area contributed by atoms with Gasteiger partial charge in [0.25, 0.3) is 0 Å². The predicted molar refractivity (Wildman–Crippen MR) is 72.5 cm³/mol. The van der Waals surface area contributed by atoms with Gasteiger partial charge in [0, 0.05) is 40.2 Å². The van der Waals surface area contributed by atoms with Gasteiger partial charge in [0.15, 0.2) is 0 Å². The van der Waals surface area contributed by atoms with E-state index in [1.54, 1.807) is 21.2 Å². The highest BCUT2D eigenvalue weighted by Gasteiger charge is 2.31. The lowest BCUT2D eigenvalue weighted by Gasteiger charge is -2.24. The summed E-state index contributed by atoms with van der Waals surface area (Å²) < 4.78 is 4.98. The smallest absolute Gasteiger partial charge is 0.241 e. The SMILES string of the molecule is COCCN(CC(=O)N(C)C)C(=O)CC(N)C1CC1. The van der Waals surface area contributed by atoms with Gasteiger partial charge in [-0.15, -0.1) is 0 Å². The third-order valence-electron chi connectivity index (χ3n) is 3.38. The van der Waals surface area contributed by atoms with Crippen LogP contribution < -0.4 is 5.73 Å². The van der Waals surface area contributed by atoms with E-state index < -0.39 is 0 Å². The second-order valence-electron chi connectivity index (χ2n) is 5.30. The summed E-state index contributed by atoms with van der Waals surface area (Å²) >= 11 is 0. The summed E-state index contributed by atoms with van der Waals surface area (Å²) in [5.74, 6) is 0.328. The molecule has 0 aromatic heterocycles. The van der Waals surface area contributed by atoms with Crippen molar-refractivity contribution in [1.82, 2.24) is 9.80 Å². The molecule has 1 aliphatic carbocycles. The number of hydrogen-bond donors (Lipinski definition) is 1. The molecule has 0 aromatic carbocycles. The monoisotopic (exact) mass is 271 g/mol. The zero-order chi connectivity index (χ0) is 14.4. The van der Waals surface area contributed by atoms with Crippen molar-refractivity contribution in [2.45, 2.75) is 25.3 Å². The Labute approximate surface area is 114 Å². The molecular formula is C13H25N3O3. The van der Waals surface area contributed by atoms with Gasteiger partial charge >= 0.3 is 0 Å². The molecule has 1 aliphatic rings.